The molecule has 0 bridgehead atoms. The third-order valence-corrected chi connectivity index (χ3v) is 4.76. The van der Waals surface area contributed by atoms with Crippen molar-refractivity contribution in [2.45, 2.75) is 25.7 Å². The van der Waals surface area contributed by atoms with Gasteiger partial charge in [-0.15, -0.1) is 11.3 Å². The Morgan fingerprint density at radius 2 is 2.08 bits per heavy atom. The molecule has 7 heteroatoms. The van der Waals surface area contributed by atoms with Crippen molar-refractivity contribution in [1.29, 1.82) is 0 Å². The van der Waals surface area contributed by atoms with Crippen molar-refractivity contribution in [3.8, 4) is 16.5 Å². The normalized spacial score (nSPS) is 10.7. The quantitative estimate of drug-likeness (QED) is 0.623. The highest BCUT2D eigenvalue weighted by Gasteiger charge is 2.10. The van der Waals surface area contributed by atoms with Gasteiger partial charge >= 0.3 is 0 Å². The van der Waals surface area contributed by atoms with Gasteiger partial charge in [0.15, 0.2) is 0 Å². The first kappa shape index (κ1) is 18.1. The highest BCUT2D eigenvalue weighted by molar-refractivity contribution is 7.13. The maximum atomic E-state index is 11.9. The zero-order valence-electron chi connectivity index (χ0n) is 14.6. The Bertz CT molecular complexity index is 813. The Morgan fingerprint density at radius 3 is 2.81 bits per heavy atom. The lowest BCUT2D eigenvalue weighted by molar-refractivity contribution is -0.121. The van der Waals surface area contributed by atoms with E-state index in [0.29, 0.717) is 37.5 Å². The number of carbonyl (C=O) groups excluding carboxylic acids is 1. The van der Waals surface area contributed by atoms with Crippen molar-refractivity contribution in [3.05, 3.63) is 53.2 Å². The summed E-state index contributed by atoms with van der Waals surface area (Å²) in [5, 5.41) is 8.88. The number of carbonyl (C=O) groups is 1. The average molecular weight is 371 g/mol. The first-order valence-corrected chi connectivity index (χ1v) is 9.38. The van der Waals surface area contributed by atoms with Gasteiger partial charge in [0.25, 0.3) is 0 Å². The third kappa shape index (κ3) is 5.16. The van der Waals surface area contributed by atoms with Crippen LogP contribution >= 0.6 is 11.3 Å². The smallest absolute Gasteiger partial charge is 0.226 e. The summed E-state index contributed by atoms with van der Waals surface area (Å²) in [7, 11) is 1.65. The number of ether oxygens (including phenoxy) is 1. The lowest BCUT2D eigenvalue weighted by Crippen LogP contribution is -2.25. The number of hydrogen-bond donors (Lipinski definition) is 1. The molecular weight excluding hydrogens is 350 g/mol. The highest BCUT2D eigenvalue weighted by atomic mass is 32.1. The summed E-state index contributed by atoms with van der Waals surface area (Å²) in [5.41, 5.74) is 1.16. The summed E-state index contributed by atoms with van der Waals surface area (Å²) in [4.78, 5) is 17.3. The number of thiophene rings is 1. The van der Waals surface area contributed by atoms with E-state index in [2.05, 4.69) is 15.5 Å². The number of aromatic nitrogens is 2. The van der Waals surface area contributed by atoms with Crippen molar-refractivity contribution >= 4 is 17.2 Å². The van der Waals surface area contributed by atoms with Crippen LogP contribution in [-0.2, 0) is 17.6 Å². The molecule has 0 unspecified atom stereocenters. The summed E-state index contributed by atoms with van der Waals surface area (Å²) < 4.78 is 10.4. The van der Waals surface area contributed by atoms with Crippen LogP contribution in [0.15, 0.2) is 46.3 Å². The van der Waals surface area contributed by atoms with Crippen LogP contribution in [0.2, 0.25) is 0 Å². The SMILES string of the molecule is COc1ccc(CCNC(=O)CCCc2nc(-c3cccs3)no2)cc1. The molecule has 6 nitrogen and oxygen atoms in total. The zero-order chi connectivity index (χ0) is 18.2. The lowest BCUT2D eigenvalue weighted by Gasteiger charge is -2.06. The second-order valence-corrected chi connectivity index (χ2v) is 6.74. The van der Waals surface area contributed by atoms with Crippen LogP contribution < -0.4 is 10.1 Å². The van der Waals surface area contributed by atoms with Crippen LogP contribution in [0.25, 0.3) is 10.7 Å². The molecule has 0 spiro atoms. The number of amides is 1. The molecule has 26 heavy (non-hydrogen) atoms. The van der Waals surface area contributed by atoms with Crippen LogP contribution in [0, 0.1) is 0 Å². The lowest BCUT2D eigenvalue weighted by atomic mass is 10.1. The minimum absolute atomic E-state index is 0.0384. The maximum Gasteiger partial charge on any atom is 0.226 e. The van der Waals surface area contributed by atoms with Crippen LogP contribution in [0.4, 0.5) is 0 Å². The predicted octanol–water partition coefficient (Wildman–Crippen LogP) is 3.49. The Kier molecular flexibility index (Phi) is 6.38. The molecule has 0 radical (unpaired) electrons. The van der Waals surface area contributed by atoms with E-state index < -0.39 is 0 Å². The summed E-state index contributed by atoms with van der Waals surface area (Å²) in [6.45, 7) is 0.619. The molecule has 2 heterocycles. The summed E-state index contributed by atoms with van der Waals surface area (Å²) in [6, 6.07) is 11.8. The van der Waals surface area contributed by atoms with Gasteiger partial charge in [0.2, 0.25) is 17.6 Å². The molecule has 0 aliphatic rings. The van der Waals surface area contributed by atoms with Gasteiger partial charge in [0, 0.05) is 19.4 Å². The molecule has 3 aromatic rings. The van der Waals surface area contributed by atoms with Gasteiger partial charge in [-0.1, -0.05) is 23.4 Å². The monoisotopic (exact) mass is 371 g/mol. The predicted molar refractivity (Wildman–Crippen MR) is 100 cm³/mol. The minimum Gasteiger partial charge on any atom is -0.497 e. The van der Waals surface area contributed by atoms with Crippen molar-refractivity contribution in [1.82, 2.24) is 15.5 Å². The molecule has 136 valence electrons. The molecule has 1 aromatic carbocycles. The first-order chi connectivity index (χ1) is 12.7. The number of benzene rings is 1. The molecule has 1 N–H and O–H groups in total. The fourth-order valence-corrected chi connectivity index (χ4v) is 3.14. The molecule has 3 rings (SSSR count). The summed E-state index contributed by atoms with van der Waals surface area (Å²) in [6.07, 6.45) is 2.52. The number of rotatable bonds is 9. The van der Waals surface area contributed by atoms with E-state index in [9.17, 15) is 4.79 Å². The largest absolute Gasteiger partial charge is 0.497 e. The molecule has 0 saturated carbocycles. The standard InChI is InChI=1S/C19H21N3O3S/c1-24-15-9-7-14(8-10-15)11-12-20-17(23)5-2-6-18-21-19(22-25-18)16-4-3-13-26-16/h3-4,7-10,13H,2,5-6,11-12H2,1H3,(H,20,23). The first-order valence-electron chi connectivity index (χ1n) is 8.50. The Morgan fingerprint density at radius 1 is 1.23 bits per heavy atom. The van der Waals surface area contributed by atoms with Gasteiger partial charge in [-0.3, -0.25) is 4.79 Å². The maximum absolute atomic E-state index is 11.9. The van der Waals surface area contributed by atoms with E-state index in [-0.39, 0.29) is 5.91 Å². The van der Waals surface area contributed by atoms with Gasteiger partial charge in [0.1, 0.15) is 5.75 Å². The number of nitrogens with one attached hydrogen (secondary N) is 1. The molecule has 0 fully saturated rings. The number of methoxy groups -OCH3 is 1. The Hall–Kier alpha value is -2.67. The molecule has 1 amide bonds. The Balaban J connectivity index is 1.34. The molecular formula is C19H21N3O3S. The molecule has 2 aromatic heterocycles. The van der Waals surface area contributed by atoms with Gasteiger partial charge < -0.3 is 14.6 Å². The van der Waals surface area contributed by atoms with E-state index >= 15 is 0 Å². The van der Waals surface area contributed by atoms with E-state index in [4.69, 9.17) is 9.26 Å². The van der Waals surface area contributed by atoms with Crippen LogP contribution in [0.5, 0.6) is 5.75 Å². The third-order valence-electron chi connectivity index (χ3n) is 3.90. The van der Waals surface area contributed by atoms with E-state index in [0.717, 1.165) is 22.6 Å². The molecule has 0 atom stereocenters. The van der Waals surface area contributed by atoms with Gasteiger partial charge in [-0.2, -0.15) is 4.98 Å². The fourth-order valence-electron chi connectivity index (χ4n) is 2.49. The van der Waals surface area contributed by atoms with Crippen LogP contribution in [-0.4, -0.2) is 29.7 Å². The summed E-state index contributed by atoms with van der Waals surface area (Å²) in [5.74, 6) is 2.05. The van der Waals surface area contributed by atoms with E-state index in [1.54, 1.807) is 18.4 Å². The fraction of sp³-hybridized carbons (Fsp3) is 0.316. The number of aryl methyl sites for hydroxylation is 1. The zero-order valence-corrected chi connectivity index (χ0v) is 15.4. The molecule has 0 aliphatic carbocycles. The topological polar surface area (TPSA) is 77.2 Å². The minimum atomic E-state index is 0.0384. The highest BCUT2D eigenvalue weighted by Crippen LogP contribution is 2.21. The number of hydrogen-bond acceptors (Lipinski definition) is 6. The van der Waals surface area contributed by atoms with Crippen molar-refractivity contribution < 1.29 is 14.1 Å². The second-order valence-electron chi connectivity index (χ2n) is 5.79. The van der Waals surface area contributed by atoms with Crippen molar-refractivity contribution in [3.63, 3.8) is 0 Å². The van der Waals surface area contributed by atoms with E-state index in [1.165, 1.54) is 0 Å². The summed E-state index contributed by atoms with van der Waals surface area (Å²) >= 11 is 1.57. The average Bonchev–Trinajstić information content (AvgIpc) is 3.34. The van der Waals surface area contributed by atoms with Crippen LogP contribution in [0.1, 0.15) is 24.3 Å². The van der Waals surface area contributed by atoms with Crippen molar-refractivity contribution in [2.75, 3.05) is 13.7 Å². The van der Waals surface area contributed by atoms with Crippen LogP contribution in [0.3, 0.4) is 0 Å². The van der Waals surface area contributed by atoms with Gasteiger partial charge in [-0.25, -0.2) is 0 Å². The van der Waals surface area contributed by atoms with Crippen molar-refractivity contribution in [2.24, 2.45) is 0 Å². The Labute approximate surface area is 156 Å². The molecule has 0 aliphatic heterocycles. The second kappa shape index (κ2) is 9.15. The molecule has 0 saturated heterocycles. The van der Waals surface area contributed by atoms with Gasteiger partial charge in [0.05, 0.1) is 12.0 Å². The van der Waals surface area contributed by atoms with E-state index in [1.807, 2.05) is 41.8 Å². The number of nitrogens with zero attached hydrogens (tertiary/aromatic N) is 2. The van der Waals surface area contributed by atoms with Gasteiger partial charge in [-0.05, 0) is 42.0 Å².